The van der Waals surface area contributed by atoms with Gasteiger partial charge in [0.25, 0.3) is 5.91 Å². The summed E-state index contributed by atoms with van der Waals surface area (Å²) in [6.07, 6.45) is 0.827. The Hall–Kier alpha value is -2.92. The lowest BCUT2D eigenvalue weighted by Crippen LogP contribution is -2.42. The van der Waals surface area contributed by atoms with Crippen molar-refractivity contribution in [3.63, 3.8) is 0 Å². The minimum absolute atomic E-state index is 0.123. The molecular weight excluding hydrogens is 354 g/mol. The van der Waals surface area contributed by atoms with Crippen molar-refractivity contribution in [3.05, 3.63) is 69.9 Å². The van der Waals surface area contributed by atoms with Crippen molar-refractivity contribution < 1.29 is 14.3 Å². The third-order valence-corrected chi connectivity index (χ3v) is 5.27. The SMILES string of the molecule is CC[C@@H](C)[C@H](CO)NC(=O)c1cccc2c(=O)c(C)c(-c3ccccc3)oc12. The summed E-state index contributed by atoms with van der Waals surface area (Å²) in [6.45, 7) is 5.56. The maximum atomic E-state index is 12.9. The van der Waals surface area contributed by atoms with Crippen LogP contribution >= 0.6 is 0 Å². The first-order valence-corrected chi connectivity index (χ1v) is 9.51. The van der Waals surface area contributed by atoms with Gasteiger partial charge >= 0.3 is 0 Å². The van der Waals surface area contributed by atoms with Gasteiger partial charge in [-0.2, -0.15) is 0 Å². The molecule has 0 fully saturated rings. The number of carbonyl (C=O) groups excluding carboxylic acids is 1. The fraction of sp³-hybridized carbons (Fsp3) is 0.304. The van der Waals surface area contributed by atoms with Crippen LogP contribution in [-0.2, 0) is 0 Å². The monoisotopic (exact) mass is 379 g/mol. The van der Waals surface area contributed by atoms with Gasteiger partial charge in [0, 0.05) is 11.1 Å². The number of rotatable bonds is 6. The maximum absolute atomic E-state index is 12.9. The number of nitrogens with one attached hydrogen (secondary N) is 1. The molecule has 3 aromatic rings. The summed E-state index contributed by atoms with van der Waals surface area (Å²) in [5.41, 5.74) is 1.67. The van der Waals surface area contributed by atoms with E-state index in [-0.39, 0.29) is 41.0 Å². The van der Waals surface area contributed by atoms with Gasteiger partial charge in [-0.3, -0.25) is 9.59 Å². The van der Waals surface area contributed by atoms with Crippen molar-refractivity contribution in [1.29, 1.82) is 0 Å². The predicted octanol–water partition coefficient (Wildman–Crippen LogP) is 3.91. The molecule has 0 unspecified atom stereocenters. The summed E-state index contributed by atoms with van der Waals surface area (Å²) < 4.78 is 6.09. The Balaban J connectivity index is 2.13. The largest absolute Gasteiger partial charge is 0.455 e. The van der Waals surface area contributed by atoms with Gasteiger partial charge in [0.15, 0.2) is 11.0 Å². The Labute approximate surface area is 164 Å². The molecule has 0 bridgehead atoms. The fourth-order valence-electron chi connectivity index (χ4n) is 3.25. The molecule has 0 radical (unpaired) electrons. The predicted molar refractivity (Wildman–Crippen MR) is 110 cm³/mol. The second kappa shape index (κ2) is 8.40. The van der Waals surface area contributed by atoms with Crippen LogP contribution in [0.4, 0.5) is 0 Å². The summed E-state index contributed by atoms with van der Waals surface area (Å²) in [6, 6.07) is 14.0. The number of amides is 1. The van der Waals surface area contributed by atoms with Crippen molar-refractivity contribution >= 4 is 16.9 Å². The van der Waals surface area contributed by atoms with E-state index in [1.807, 2.05) is 44.2 Å². The maximum Gasteiger partial charge on any atom is 0.255 e. The lowest BCUT2D eigenvalue weighted by Gasteiger charge is -2.22. The topological polar surface area (TPSA) is 79.5 Å². The Morgan fingerprint density at radius 3 is 2.50 bits per heavy atom. The third-order valence-electron chi connectivity index (χ3n) is 5.27. The van der Waals surface area contributed by atoms with E-state index in [2.05, 4.69) is 5.32 Å². The summed E-state index contributed by atoms with van der Waals surface area (Å²) >= 11 is 0. The molecule has 5 heteroatoms. The Morgan fingerprint density at radius 1 is 1.14 bits per heavy atom. The third kappa shape index (κ3) is 3.71. The molecule has 0 spiro atoms. The molecule has 5 nitrogen and oxygen atoms in total. The van der Waals surface area contributed by atoms with Gasteiger partial charge in [-0.15, -0.1) is 0 Å². The Bertz CT molecular complexity index is 1040. The molecule has 2 atom stereocenters. The fourth-order valence-corrected chi connectivity index (χ4v) is 3.25. The molecule has 1 heterocycles. The first-order valence-electron chi connectivity index (χ1n) is 9.51. The Kier molecular flexibility index (Phi) is 5.95. The number of benzene rings is 2. The van der Waals surface area contributed by atoms with Crippen molar-refractivity contribution in [1.82, 2.24) is 5.32 Å². The molecule has 2 N–H and O–H groups in total. The molecular formula is C23H25NO4. The van der Waals surface area contributed by atoms with Crippen LogP contribution in [0.1, 0.15) is 36.2 Å². The first-order chi connectivity index (χ1) is 13.5. The average Bonchev–Trinajstić information content (AvgIpc) is 2.74. The van der Waals surface area contributed by atoms with E-state index in [1.54, 1.807) is 25.1 Å². The Morgan fingerprint density at radius 2 is 1.86 bits per heavy atom. The highest BCUT2D eigenvalue weighted by Crippen LogP contribution is 2.27. The zero-order chi connectivity index (χ0) is 20.3. The molecule has 146 valence electrons. The van der Waals surface area contributed by atoms with Crippen molar-refractivity contribution in [2.45, 2.75) is 33.2 Å². The van der Waals surface area contributed by atoms with E-state index in [0.717, 1.165) is 12.0 Å². The standard InChI is InChI=1S/C23H25NO4/c1-4-14(2)19(13-25)24-23(27)18-12-8-11-17-20(26)15(3)21(28-22(17)18)16-9-6-5-7-10-16/h5-12,14,19,25H,4,13H2,1-3H3,(H,24,27)/t14-,19+/m1/s1. The van der Waals surface area contributed by atoms with Crippen molar-refractivity contribution in [2.24, 2.45) is 5.92 Å². The highest BCUT2D eigenvalue weighted by atomic mass is 16.3. The van der Waals surface area contributed by atoms with Crippen LogP contribution in [0.2, 0.25) is 0 Å². The highest BCUT2D eigenvalue weighted by Gasteiger charge is 2.22. The first kappa shape index (κ1) is 19.8. The van der Waals surface area contributed by atoms with Crippen LogP contribution < -0.4 is 10.7 Å². The molecule has 0 aliphatic rings. The second-order valence-corrected chi connectivity index (χ2v) is 7.08. The number of para-hydroxylation sites is 1. The van der Waals surface area contributed by atoms with Gasteiger partial charge in [0.2, 0.25) is 0 Å². The zero-order valence-corrected chi connectivity index (χ0v) is 16.4. The van der Waals surface area contributed by atoms with Crippen molar-refractivity contribution in [2.75, 3.05) is 6.61 Å². The summed E-state index contributed by atoms with van der Waals surface area (Å²) in [7, 11) is 0. The van der Waals surface area contributed by atoms with E-state index in [9.17, 15) is 14.7 Å². The van der Waals surface area contributed by atoms with Gasteiger partial charge in [-0.05, 0) is 25.0 Å². The molecule has 0 saturated carbocycles. The van der Waals surface area contributed by atoms with Gasteiger partial charge < -0.3 is 14.8 Å². The van der Waals surface area contributed by atoms with Crippen LogP contribution in [0.15, 0.2) is 57.7 Å². The molecule has 3 rings (SSSR count). The van der Waals surface area contributed by atoms with Crippen LogP contribution in [0.5, 0.6) is 0 Å². The normalized spacial score (nSPS) is 13.3. The summed E-state index contributed by atoms with van der Waals surface area (Å²) in [5.74, 6) is 0.216. The van der Waals surface area contributed by atoms with Gasteiger partial charge in [0.1, 0.15) is 5.76 Å². The summed E-state index contributed by atoms with van der Waals surface area (Å²) in [5, 5.41) is 12.9. The average molecular weight is 379 g/mol. The molecule has 0 aliphatic heterocycles. The number of carbonyl (C=O) groups is 1. The number of aliphatic hydroxyl groups is 1. The highest BCUT2D eigenvalue weighted by molar-refractivity contribution is 6.05. The minimum Gasteiger partial charge on any atom is -0.455 e. The zero-order valence-electron chi connectivity index (χ0n) is 16.4. The van der Waals surface area contributed by atoms with Crippen LogP contribution in [-0.4, -0.2) is 23.7 Å². The molecule has 1 amide bonds. The van der Waals surface area contributed by atoms with Crippen LogP contribution in [0, 0.1) is 12.8 Å². The van der Waals surface area contributed by atoms with Gasteiger partial charge in [-0.25, -0.2) is 0 Å². The molecule has 28 heavy (non-hydrogen) atoms. The number of hydrogen-bond donors (Lipinski definition) is 2. The van der Waals surface area contributed by atoms with Gasteiger partial charge in [-0.1, -0.05) is 56.7 Å². The van der Waals surface area contributed by atoms with Crippen LogP contribution in [0.3, 0.4) is 0 Å². The number of fused-ring (bicyclic) bond motifs is 1. The van der Waals surface area contributed by atoms with E-state index in [4.69, 9.17) is 4.42 Å². The quantitative estimate of drug-likeness (QED) is 0.681. The minimum atomic E-state index is -0.365. The molecule has 0 aliphatic carbocycles. The summed E-state index contributed by atoms with van der Waals surface area (Å²) in [4.78, 5) is 25.8. The van der Waals surface area contributed by atoms with E-state index >= 15 is 0 Å². The number of aliphatic hydroxyl groups excluding tert-OH is 1. The second-order valence-electron chi connectivity index (χ2n) is 7.08. The van der Waals surface area contributed by atoms with E-state index in [0.29, 0.717) is 16.7 Å². The smallest absolute Gasteiger partial charge is 0.255 e. The molecule has 1 aromatic heterocycles. The van der Waals surface area contributed by atoms with Gasteiger partial charge in [0.05, 0.1) is 23.6 Å². The molecule has 2 aromatic carbocycles. The van der Waals surface area contributed by atoms with E-state index in [1.165, 1.54) is 0 Å². The van der Waals surface area contributed by atoms with Crippen LogP contribution in [0.25, 0.3) is 22.3 Å². The van der Waals surface area contributed by atoms with E-state index < -0.39 is 0 Å². The lowest BCUT2D eigenvalue weighted by atomic mass is 9.99. The molecule has 0 saturated heterocycles. The van der Waals surface area contributed by atoms with Crippen molar-refractivity contribution in [3.8, 4) is 11.3 Å². The lowest BCUT2D eigenvalue weighted by molar-refractivity contribution is 0.0892. The number of hydrogen-bond acceptors (Lipinski definition) is 4.